The van der Waals surface area contributed by atoms with Crippen LogP contribution in [0.3, 0.4) is 0 Å². The van der Waals surface area contributed by atoms with Crippen molar-refractivity contribution in [1.82, 2.24) is 10.3 Å². The summed E-state index contributed by atoms with van der Waals surface area (Å²) in [4.78, 5) is 15.6. The average Bonchev–Trinajstić information content (AvgIpc) is 2.34. The number of pyridine rings is 1. The van der Waals surface area contributed by atoms with Gasteiger partial charge in [0.25, 0.3) is 0 Å². The highest BCUT2D eigenvalue weighted by molar-refractivity contribution is 7.92. The third-order valence-electron chi connectivity index (χ3n) is 2.51. The van der Waals surface area contributed by atoms with E-state index in [-0.39, 0.29) is 6.54 Å². The number of nitrogens with zero attached hydrogens (tertiary/aromatic N) is 1. The van der Waals surface area contributed by atoms with Crippen molar-refractivity contribution in [1.29, 1.82) is 0 Å². The van der Waals surface area contributed by atoms with Crippen LogP contribution in [0.15, 0.2) is 18.3 Å². The number of hydrogen-bond acceptors (Lipinski definition) is 5. The summed E-state index contributed by atoms with van der Waals surface area (Å²) in [6.07, 6.45) is 2.60. The Morgan fingerprint density at radius 1 is 1.56 bits per heavy atom. The molecule has 0 unspecified atom stereocenters. The van der Waals surface area contributed by atoms with Gasteiger partial charge >= 0.3 is 0 Å². The van der Waals surface area contributed by atoms with Crippen LogP contribution < -0.4 is 10.1 Å². The van der Waals surface area contributed by atoms with E-state index in [2.05, 4.69) is 10.3 Å². The maximum atomic E-state index is 11.6. The normalized spacial score (nSPS) is 12.8. The van der Waals surface area contributed by atoms with Crippen LogP contribution in [-0.2, 0) is 21.2 Å². The Labute approximate surface area is 106 Å². The van der Waals surface area contributed by atoms with E-state index in [1.165, 1.54) is 14.0 Å². The molecule has 1 amide bonds. The van der Waals surface area contributed by atoms with Crippen LogP contribution in [0.5, 0.6) is 5.88 Å². The Balaban J connectivity index is 2.69. The zero-order valence-corrected chi connectivity index (χ0v) is 11.3. The van der Waals surface area contributed by atoms with Crippen LogP contribution >= 0.6 is 0 Å². The Morgan fingerprint density at radius 3 is 2.78 bits per heavy atom. The summed E-state index contributed by atoms with van der Waals surface area (Å²) >= 11 is 0. The number of aromatic nitrogens is 1. The summed E-state index contributed by atoms with van der Waals surface area (Å²) in [7, 11) is -1.90. The fourth-order valence-corrected chi connectivity index (χ4v) is 1.74. The van der Waals surface area contributed by atoms with Crippen LogP contribution in [0.4, 0.5) is 0 Å². The highest BCUT2D eigenvalue weighted by Crippen LogP contribution is 2.13. The lowest BCUT2D eigenvalue weighted by atomic mass is 10.2. The highest BCUT2D eigenvalue weighted by atomic mass is 32.2. The van der Waals surface area contributed by atoms with E-state index in [1.807, 2.05) is 0 Å². The minimum Gasteiger partial charge on any atom is -0.481 e. The van der Waals surface area contributed by atoms with Crippen LogP contribution in [0.1, 0.15) is 12.5 Å². The molecule has 0 aliphatic heterocycles. The van der Waals surface area contributed by atoms with Gasteiger partial charge in [0, 0.05) is 24.6 Å². The first-order valence-electron chi connectivity index (χ1n) is 5.30. The number of amides is 1. The Morgan fingerprint density at radius 2 is 2.22 bits per heavy atom. The summed E-state index contributed by atoms with van der Waals surface area (Å²) in [6, 6.07) is 3.46. The molecule has 1 N–H and O–H groups in total. The van der Waals surface area contributed by atoms with E-state index >= 15 is 0 Å². The summed E-state index contributed by atoms with van der Waals surface area (Å²) in [5.41, 5.74) is 0.689. The van der Waals surface area contributed by atoms with Gasteiger partial charge in [0.2, 0.25) is 11.8 Å². The maximum absolute atomic E-state index is 11.6. The molecule has 1 heterocycles. The standard InChI is InChI=1S/C11H16N2O4S/c1-8(18(3,15)16)10(14)13-7-9-5-4-6-12-11(9)17-2/h4-6,8H,7H2,1-3H3,(H,13,14)/t8-/m1/s1. The first-order chi connectivity index (χ1) is 8.36. The average molecular weight is 272 g/mol. The lowest BCUT2D eigenvalue weighted by Gasteiger charge is -2.11. The molecule has 1 aromatic rings. The van der Waals surface area contributed by atoms with E-state index < -0.39 is 21.0 Å². The monoisotopic (exact) mass is 272 g/mol. The van der Waals surface area contributed by atoms with Crippen molar-refractivity contribution in [3.05, 3.63) is 23.9 Å². The summed E-state index contributed by atoms with van der Waals surface area (Å²) in [5.74, 6) is -0.131. The van der Waals surface area contributed by atoms with E-state index in [1.54, 1.807) is 18.3 Å². The third-order valence-corrected chi connectivity index (χ3v) is 4.01. The van der Waals surface area contributed by atoms with Gasteiger partial charge in [-0.05, 0) is 13.0 Å². The van der Waals surface area contributed by atoms with Crippen LogP contribution in [0.25, 0.3) is 0 Å². The number of rotatable bonds is 5. The maximum Gasteiger partial charge on any atom is 0.238 e. The quantitative estimate of drug-likeness (QED) is 0.824. The van der Waals surface area contributed by atoms with Gasteiger partial charge in [0.1, 0.15) is 5.25 Å². The topological polar surface area (TPSA) is 85.4 Å². The van der Waals surface area contributed by atoms with Crippen molar-refractivity contribution in [2.45, 2.75) is 18.7 Å². The van der Waals surface area contributed by atoms with E-state index in [0.717, 1.165) is 6.26 Å². The second-order valence-electron chi connectivity index (χ2n) is 3.86. The molecule has 0 radical (unpaired) electrons. The number of hydrogen-bond donors (Lipinski definition) is 1. The summed E-state index contributed by atoms with van der Waals surface area (Å²) in [5, 5.41) is 1.47. The molecular formula is C11H16N2O4S. The van der Waals surface area contributed by atoms with Gasteiger partial charge in [-0.1, -0.05) is 6.07 Å². The van der Waals surface area contributed by atoms with Gasteiger partial charge in [-0.2, -0.15) is 0 Å². The predicted molar refractivity (Wildman–Crippen MR) is 66.9 cm³/mol. The summed E-state index contributed by atoms with van der Waals surface area (Å²) in [6.45, 7) is 1.53. The molecule has 0 saturated heterocycles. The predicted octanol–water partition coefficient (Wildman–Crippen LogP) is 0.139. The molecule has 7 heteroatoms. The molecule has 0 aromatic carbocycles. The summed E-state index contributed by atoms with van der Waals surface area (Å²) < 4.78 is 27.4. The molecule has 0 bridgehead atoms. The smallest absolute Gasteiger partial charge is 0.238 e. The van der Waals surface area contributed by atoms with Gasteiger partial charge in [0.15, 0.2) is 9.84 Å². The molecule has 0 fully saturated rings. The molecule has 0 aliphatic rings. The molecule has 18 heavy (non-hydrogen) atoms. The minimum atomic E-state index is -3.38. The van der Waals surface area contributed by atoms with E-state index in [0.29, 0.717) is 11.4 Å². The number of nitrogens with one attached hydrogen (secondary N) is 1. The molecule has 1 atom stereocenters. The molecular weight excluding hydrogens is 256 g/mol. The van der Waals surface area contributed by atoms with Gasteiger partial charge in [-0.15, -0.1) is 0 Å². The number of sulfone groups is 1. The Hall–Kier alpha value is -1.63. The number of ether oxygens (including phenoxy) is 1. The van der Waals surface area contributed by atoms with Gasteiger partial charge in [-0.3, -0.25) is 4.79 Å². The molecule has 6 nitrogen and oxygen atoms in total. The fourth-order valence-electron chi connectivity index (χ4n) is 1.26. The van der Waals surface area contributed by atoms with Crippen molar-refractivity contribution < 1.29 is 17.9 Å². The molecule has 0 aliphatic carbocycles. The van der Waals surface area contributed by atoms with Gasteiger partial charge in [-0.25, -0.2) is 13.4 Å². The third kappa shape index (κ3) is 3.69. The van der Waals surface area contributed by atoms with E-state index in [4.69, 9.17) is 4.74 Å². The zero-order valence-electron chi connectivity index (χ0n) is 10.5. The number of carbonyl (C=O) groups is 1. The second-order valence-corrected chi connectivity index (χ2v) is 6.23. The van der Waals surface area contributed by atoms with Crippen molar-refractivity contribution in [2.75, 3.05) is 13.4 Å². The molecule has 1 aromatic heterocycles. The van der Waals surface area contributed by atoms with Crippen molar-refractivity contribution in [2.24, 2.45) is 0 Å². The molecule has 0 spiro atoms. The Kier molecular flexibility index (Phi) is 4.66. The Bertz CT molecular complexity index is 528. The first kappa shape index (κ1) is 14.4. The second kappa shape index (κ2) is 5.81. The molecule has 1 rings (SSSR count). The van der Waals surface area contributed by atoms with Crippen LogP contribution in [-0.4, -0.2) is 37.9 Å². The molecule has 0 saturated carbocycles. The van der Waals surface area contributed by atoms with Gasteiger partial charge < -0.3 is 10.1 Å². The number of methoxy groups -OCH3 is 1. The van der Waals surface area contributed by atoms with Crippen molar-refractivity contribution in [3.8, 4) is 5.88 Å². The fraction of sp³-hybridized carbons (Fsp3) is 0.455. The van der Waals surface area contributed by atoms with Crippen LogP contribution in [0.2, 0.25) is 0 Å². The van der Waals surface area contributed by atoms with Crippen LogP contribution in [0, 0.1) is 0 Å². The largest absolute Gasteiger partial charge is 0.481 e. The highest BCUT2D eigenvalue weighted by Gasteiger charge is 2.23. The minimum absolute atomic E-state index is 0.176. The number of carbonyl (C=O) groups excluding carboxylic acids is 1. The first-order valence-corrected chi connectivity index (χ1v) is 7.26. The SMILES string of the molecule is COc1ncccc1CNC(=O)[C@@H](C)S(C)(=O)=O. The van der Waals surface area contributed by atoms with Crippen molar-refractivity contribution >= 4 is 15.7 Å². The van der Waals surface area contributed by atoms with E-state index in [9.17, 15) is 13.2 Å². The molecule has 100 valence electrons. The zero-order chi connectivity index (χ0) is 13.8. The van der Waals surface area contributed by atoms with Gasteiger partial charge in [0.05, 0.1) is 7.11 Å². The van der Waals surface area contributed by atoms with Crippen molar-refractivity contribution in [3.63, 3.8) is 0 Å². The lowest BCUT2D eigenvalue weighted by Crippen LogP contribution is -2.37. The lowest BCUT2D eigenvalue weighted by molar-refractivity contribution is -0.120.